The van der Waals surface area contributed by atoms with Crippen LogP contribution in [-0.4, -0.2) is 11.1 Å². The first-order chi connectivity index (χ1) is 14.0. The van der Waals surface area contributed by atoms with Gasteiger partial charge in [-0.3, -0.25) is 4.79 Å². The molecule has 4 nitrogen and oxygen atoms in total. The number of aromatic carboxylic acids is 1. The highest BCUT2D eigenvalue weighted by Crippen LogP contribution is 2.43. The molecule has 0 aromatic heterocycles. The van der Waals surface area contributed by atoms with Gasteiger partial charge in [0.1, 0.15) is 11.3 Å². The summed E-state index contributed by atoms with van der Waals surface area (Å²) >= 11 is 0. The Morgan fingerprint density at radius 3 is 2.48 bits per heavy atom. The highest BCUT2D eigenvalue weighted by atomic mass is 16.4. The molecule has 2 aliphatic rings. The Bertz CT molecular complexity index is 1460. The van der Waals surface area contributed by atoms with E-state index in [1.807, 2.05) is 37.3 Å². The van der Waals surface area contributed by atoms with Crippen molar-refractivity contribution in [3.8, 4) is 22.5 Å². The van der Waals surface area contributed by atoms with E-state index < -0.39 is 5.97 Å². The van der Waals surface area contributed by atoms with Gasteiger partial charge in [0, 0.05) is 28.0 Å². The third kappa shape index (κ3) is 2.69. The summed E-state index contributed by atoms with van der Waals surface area (Å²) in [6.45, 7) is 2.03. The van der Waals surface area contributed by atoms with E-state index >= 15 is 0 Å². The van der Waals surface area contributed by atoms with Gasteiger partial charge >= 0.3 is 5.97 Å². The van der Waals surface area contributed by atoms with Crippen molar-refractivity contribution in [2.45, 2.75) is 6.92 Å². The number of hydrogen-bond acceptors (Lipinski definition) is 3. The van der Waals surface area contributed by atoms with E-state index in [4.69, 9.17) is 4.42 Å². The lowest BCUT2D eigenvalue weighted by Crippen LogP contribution is -2.03. The summed E-state index contributed by atoms with van der Waals surface area (Å²) in [4.78, 5) is 23.9. The third-order valence-corrected chi connectivity index (χ3v) is 5.26. The molecular weight excluding hydrogens is 364 g/mol. The minimum absolute atomic E-state index is 0.158. The van der Waals surface area contributed by atoms with Crippen LogP contribution in [0.25, 0.3) is 44.2 Å². The molecule has 0 fully saturated rings. The van der Waals surface area contributed by atoms with Gasteiger partial charge in [0.25, 0.3) is 0 Å². The summed E-state index contributed by atoms with van der Waals surface area (Å²) in [5, 5.41) is 12.5. The van der Waals surface area contributed by atoms with E-state index in [1.165, 1.54) is 12.1 Å². The Labute approximate surface area is 166 Å². The van der Waals surface area contributed by atoms with Crippen LogP contribution in [0.1, 0.15) is 15.9 Å². The van der Waals surface area contributed by atoms with Crippen molar-refractivity contribution >= 4 is 27.7 Å². The average Bonchev–Trinajstić information content (AvgIpc) is 2.71. The number of carboxylic acids is 1. The van der Waals surface area contributed by atoms with Gasteiger partial charge in [0.05, 0.1) is 5.56 Å². The molecule has 5 rings (SSSR count). The number of carboxylic acid groups (broad SMARTS) is 1. The van der Waals surface area contributed by atoms with Crippen LogP contribution in [0.15, 0.2) is 82.0 Å². The predicted molar refractivity (Wildman–Crippen MR) is 114 cm³/mol. The van der Waals surface area contributed by atoms with Gasteiger partial charge in [-0.15, -0.1) is 0 Å². The molecule has 3 aromatic carbocycles. The van der Waals surface area contributed by atoms with Gasteiger partial charge in [0.15, 0.2) is 5.43 Å². The van der Waals surface area contributed by atoms with Crippen molar-refractivity contribution in [3.63, 3.8) is 0 Å². The minimum atomic E-state index is -1.00. The summed E-state index contributed by atoms with van der Waals surface area (Å²) in [6.07, 6.45) is 0. The number of rotatable bonds is 2. The second-order valence-electron chi connectivity index (χ2n) is 7.15. The number of aryl methyl sites for hydroxylation is 1. The molecule has 0 bridgehead atoms. The van der Waals surface area contributed by atoms with Crippen molar-refractivity contribution in [1.29, 1.82) is 0 Å². The Morgan fingerprint density at radius 2 is 1.66 bits per heavy atom. The third-order valence-electron chi connectivity index (χ3n) is 5.26. The lowest BCUT2D eigenvalue weighted by molar-refractivity contribution is 0.0697. The largest absolute Gasteiger partial charge is 0.478 e. The Hall–Kier alpha value is -3.92. The SMILES string of the molecule is Cc1ccc2c(ccc3c(-c4ccccc4C(=O)O)c4ccc(=O)cc-4oc32)c1. The van der Waals surface area contributed by atoms with Crippen molar-refractivity contribution in [1.82, 2.24) is 0 Å². The first-order valence-electron chi connectivity index (χ1n) is 9.25. The summed E-state index contributed by atoms with van der Waals surface area (Å²) in [5.41, 5.74) is 3.87. The number of benzene rings is 4. The lowest BCUT2D eigenvalue weighted by atomic mass is 9.90. The molecule has 0 unspecified atom stereocenters. The highest BCUT2D eigenvalue weighted by Gasteiger charge is 2.22. The lowest BCUT2D eigenvalue weighted by Gasteiger charge is -2.17. The van der Waals surface area contributed by atoms with Crippen molar-refractivity contribution in [3.05, 3.63) is 94.1 Å². The molecule has 0 radical (unpaired) electrons. The Balaban J connectivity index is 2.03. The predicted octanol–water partition coefficient (Wildman–Crippen LogP) is 5.72. The summed E-state index contributed by atoms with van der Waals surface area (Å²) < 4.78 is 6.20. The van der Waals surface area contributed by atoms with Crippen LogP contribution in [0, 0.1) is 6.92 Å². The van der Waals surface area contributed by atoms with Crippen LogP contribution in [0.2, 0.25) is 0 Å². The molecule has 1 aliphatic carbocycles. The molecule has 0 saturated heterocycles. The first kappa shape index (κ1) is 17.2. The maximum Gasteiger partial charge on any atom is 0.336 e. The fourth-order valence-corrected chi connectivity index (χ4v) is 3.95. The van der Waals surface area contributed by atoms with Crippen LogP contribution < -0.4 is 5.43 Å². The van der Waals surface area contributed by atoms with Gasteiger partial charge in [-0.2, -0.15) is 0 Å². The van der Waals surface area contributed by atoms with Crippen molar-refractivity contribution in [2.75, 3.05) is 0 Å². The molecule has 3 aromatic rings. The van der Waals surface area contributed by atoms with Gasteiger partial charge in [-0.25, -0.2) is 4.79 Å². The number of fused-ring (bicyclic) bond motifs is 4. The Kier molecular flexibility index (Phi) is 3.74. The van der Waals surface area contributed by atoms with E-state index in [-0.39, 0.29) is 11.0 Å². The monoisotopic (exact) mass is 380 g/mol. The fraction of sp³-hybridized carbons (Fsp3) is 0.0400. The normalized spacial score (nSPS) is 11.3. The second-order valence-corrected chi connectivity index (χ2v) is 7.15. The molecule has 29 heavy (non-hydrogen) atoms. The smallest absolute Gasteiger partial charge is 0.336 e. The summed E-state index contributed by atoms with van der Waals surface area (Å²) in [7, 11) is 0. The van der Waals surface area contributed by atoms with Crippen LogP contribution in [0.4, 0.5) is 0 Å². The number of carbonyl (C=O) groups is 1. The van der Waals surface area contributed by atoms with E-state index in [2.05, 4.69) is 6.07 Å². The molecule has 0 atom stereocenters. The molecular formula is C25H16O4. The zero-order valence-corrected chi connectivity index (χ0v) is 15.6. The molecule has 1 aliphatic heterocycles. The molecule has 0 amide bonds. The van der Waals surface area contributed by atoms with E-state index in [0.29, 0.717) is 22.5 Å². The van der Waals surface area contributed by atoms with E-state index in [9.17, 15) is 14.7 Å². The standard InChI is InChI=1S/C25H16O4/c1-14-6-9-17-15(12-14)7-10-21-23(18-4-2-3-5-19(18)25(27)28)20-11-8-16(26)13-22(20)29-24(17)21/h2-13H,1H3,(H,27,28). The Morgan fingerprint density at radius 1 is 0.862 bits per heavy atom. The van der Waals surface area contributed by atoms with Crippen LogP contribution in [0.5, 0.6) is 0 Å². The van der Waals surface area contributed by atoms with Crippen LogP contribution in [0.3, 0.4) is 0 Å². The molecule has 140 valence electrons. The van der Waals surface area contributed by atoms with Crippen LogP contribution in [-0.2, 0) is 0 Å². The minimum Gasteiger partial charge on any atom is -0.478 e. The van der Waals surface area contributed by atoms with Crippen LogP contribution >= 0.6 is 0 Å². The first-order valence-corrected chi connectivity index (χ1v) is 9.25. The zero-order chi connectivity index (χ0) is 20.1. The topological polar surface area (TPSA) is 67.5 Å². The van der Waals surface area contributed by atoms with Gasteiger partial charge in [-0.05, 0) is 42.1 Å². The maximum absolute atomic E-state index is 12.0. The van der Waals surface area contributed by atoms with E-state index in [1.54, 1.807) is 24.3 Å². The van der Waals surface area contributed by atoms with Gasteiger partial charge < -0.3 is 9.52 Å². The molecule has 0 saturated carbocycles. The maximum atomic E-state index is 12.0. The molecule has 1 heterocycles. The molecule has 0 spiro atoms. The molecule has 1 N–H and O–H groups in total. The second kappa shape index (κ2) is 6.31. The molecule has 4 heteroatoms. The van der Waals surface area contributed by atoms with Crippen molar-refractivity contribution < 1.29 is 14.3 Å². The zero-order valence-electron chi connectivity index (χ0n) is 15.6. The van der Waals surface area contributed by atoms with Gasteiger partial charge in [-0.1, -0.05) is 48.0 Å². The quantitative estimate of drug-likeness (QED) is 0.314. The summed E-state index contributed by atoms with van der Waals surface area (Å²) in [6, 6.07) is 21.6. The average molecular weight is 380 g/mol. The fourth-order valence-electron chi connectivity index (χ4n) is 3.95. The number of hydrogen-bond donors (Lipinski definition) is 1. The highest BCUT2D eigenvalue weighted by molar-refractivity contribution is 6.14. The summed E-state index contributed by atoms with van der Waals surface area (Å²) in [5.74, 6) is -0.562. The van der Waals surface area contributed by atoms with Gasteiger partial charge in [0.2, 0.25) is 0 Å². The van der Waals surface area contributed by atoms with Crippen molar-refractivity contribution in [2.24, 2.45) is 0 Å². The van der Waals surface area contributed by atoms with E-state index in [0.717, 1.165) is 27.3 Å².